The van der Waals surface area contributed by atoms with Crippen LogP contribution in [0.3, 0.4) is 0 Å². The molecule has 0 radical (unpaired) electrons. The molecule has 2 amide bonds. The van der Waals surface area contributed by atoms with Gasteiger partial charge < -0.3 is 24.3 Å². The number of imide groups is 1. The minimum absolute atomic E-state index is 0.0801. The zero-order chi connectivity index (χ0) is 27.1. The van der Waals surface area contributed by atoms with Gasteiger partial charge in [-0.2, -0.15) is 0 Å². The van der Waals surface area contributed by atoms with E-state index in [9.17, 15) is 24.2 Å². The number of carbonyl (C=O) groups excluding carboxylic acids is 3. The summed E-state index contributed by atoms with van der Waals surface area (Å²) in [5, 5.41) is 2.52. The highest BCUT2D eigenvalue weighted by molar-refractivity contribution is 7.45. The van der Waals surface area contributed by atoms with Gasteiger partial charge in [-0.25, -0.2) is 14.4 Å². The lowest BCUT2D eigenvalue weighted by Gasteiger charge is -2.21. The summed E-state index contributed by atoms with van der Waals surface area (Å²) in [5.74, 6) is -0.137. The summed E-state index contributed by atoms with van der Waals surface area (Å²) >= 11 is 0. The van der Waals surface area contributed by atoms with Crippen molar-refractivity contribution in [2.75, 3.05) is 37.2 Å². The summed E-state index contributed by atoms with van der Waals surface area (Å²) in [6.07, 6.45) is 3.71. The van der Waals surface area contributed by atoms with Gasteiger partial charge in [0.15, 0.2) is 19.9 Å². The molecule has 0 saturated carbocycles. The third-order valence-electron chi connectivity index (χ3n) is 7.56. The summed E-state index contributed by atoms with van der Waals surface area (Å²) in [6, 6.07) is 8.23. The maximum Gasteiger partial charge on any atom is 0.333 e. The molecule has 0 unspecified atom stereocenters. The molecule has 2 N–H and O–H groups in total. The topological polar surface area (TPSA) is 132 Å². The van der Waals surface area contributed by atoms with E-state index < -0.39 is 26.2 Å². The summed E-state index contributed by atoms with van der Waals surface area (Å²) in [5.41, 5.74) is 4.27. The van der Waals surface area contributed by atoms with Gasteiger partial charge in [0, 0.05) is 68.7 Å². The summed E-state index contributed by atoms with van der Waals surface area (Å²) < 4.78 is 8.60. The average Bonchev–Trinajstić information content (AvgIpc) is 3.58. The van der Waals surface area contributed by atoms with Crippen LogP contribution in [0, 0.1) is 0 Å². The molecule has 6 rings (SSSR count). The summed E-state index contributed by atoms with van der Waals surface area (Å²) in [4.78, 5) is 66.0. The van der Waals surface area contributed by atoms with Gasteiger partial charge in [-0.05, 0) is 30.5 Å². The van der Waals surface area contributed by atoms with Crippen molar-refractivity contribution in [2.45, 2.75) is 44.9 Å². The second-order valence-corrected chi connectivity index (χ2v) is 11.4. The Hall–Kier alpha value is -3.40. The number of hydroxylamine groups is 2. The fraction of sp³-hybridized carbons (Fsp3) is 0.444. The Labute approximate surface area is 225 Å². The van der Waals surface area contributed by atoms with Gasteiger partial charge in [0.2, 0.25) is 5.36 Å². The Morgan fingerprint density at radius 2 is 1.85 bits per heavy atom. The number of anilines is 1. The predicted octanol–water partition coefficient (Wildman–Crippen LogP) is 1.23. The maximum atomic E-state index is 12.2. The first kappa shape index (κ1) is 25.9. The Morgan fingerprint density at radius 3 is 2.64 bits per heavy atom. The van der Waals surface area contributed by atoms with E-state index in [0.717, 1.165) is 61.0 Å². The van der Waals surface area contributed by atoms with E-state index in [1.54, 1.807) is 0 Å². The second kappa shape index (κ2) is 10.6. The van der Waals surface area contributed by atoms with Crippen LogP contribution in [0.15, 0.2) is 29.3 Å². The van der Waals surface area contributed by atoms with Crippen LogP contribution in [0.5, 0.6) is 11.5 Å². The highest BCUT2D eigenvalue weighted by atomic mass is 31.2. The Kier molecular flexibility index (Phi) is 7.05. The zero-order valence-electron chi connectivity index (χ0n) is 21.5. The smallest absolute Gasteiger partial charge is 0.333 e. The fourth-order valence-corrected chi connectivity index (χ4v) is 6.04. The van der Waals surface area contributed by atoms with Crippen LogP contribution < -0.4 is 24.9 Å². The monoisotopic (exact) mass is 553 g/mol. The molecular formula is C27H30N4O7P+. The molecular weight excluding hydrogens is 523 g/mol. The highest BCUT2D eigenvalue weighted by Crippen LogP contribution is 2.41. The number of hydrogen-bond donors (Lipinski definition) is 2. The Balaban J connectivity index is 1.14. The van der Waals surface area contributed by atoms with Gasteiger partial charge in [-0.3, -0.25) is 9.59 Å². The van der Waals surface area contributed by atoms with Crippen molar-refractivity contribution in [1.82, 2.24) is 9.64 Å². The zero-order valence-corrected chi connectivity index (χ0v) is 22.4. The first-order chi connectivity index (χ1) is 18.9. The SMILES string of the molecule is O=C(CCCN1CCc2cc3c(cc21)Oc1cc2c(cc1=N3)CC[N+]=2CCCP(O)O)ON1C(=O)CCC1=O. The average molecular weight is 554 g/mol. The van der Waals surface area contributed by atoms with Gasteiger partial charge in [0.25, 0.3) is 11.8 Å². The molecule has 0 bridgehead atoms. The Bertz CT molecular complexity index is 1480. The van der Waals surface area contributed by atoms with E-state index in [4.69, 9.17) is 14.6 Å². The van der Waals surface area contributed by atoms with Crippen molar-refractivity contribution in [1.29, 1.82) is 0 Å². The van der Waals surface area contributed by atoms with Crippen molar-refractivity contribution < 1.29 is 33.7 Å². The van der Waals surface area contributed by atoms with Crippen LogP contribution in [0.4, 0.5) is 11.4 Å². The normalized spacial score (nSPS) is 17.2. The number of ether oxygens (including phenoxy) is 1. The van der Waals surface area contributed by atoms with Crippen LogP contribution in [-0.2, 0) is 32.1 Å². The van der Waals surface area contributed by atoms with Crippen LogP contribution in [0.2, 0.25) is 0 Å². The van der Waals surface area contributed by atoms with Crippen LogP contribution in [0.25, 0.3) is 0 Å². The van der Waals surface area contributed by atoms with E-state index in [0.29, 0.717) is 35.7 Å². The van der Waals surface area contributed by atoms with Crippen molar-refractivity contribution in [3.05, 3.63) is 46.1 Å². The lowest BCUT2D eigenvalue weighted by Crippen LogP contribution is -2.32. The number of rotatable bonds is 9. The number of hydrogen-bond acceptors (Lipinski definition) is 9. The number of amides is 2. The number of fused-ring (bicyclic) bond motifs is 4. The molecule has 4 aliphatic heterocycles. The van der Waals surface area contributed by atoms with Crippen molar-refractivity contribution in [3.63, 3.8) is 0 Å². The maximum absolute atomic E-state index is 12.2. The lowest BCUT2D eigenvalue weighted by atomic mass is 10.1. The van der Waals surface area contributed by atoms with Gasteiger partial charge >= 0.3 is 5.97 Å². The molecule has 0 aromatic heterocycles. The fourth-order valence-electron chi connectivity index (χ4n) is 5.62. The molecule has 11 nitrogen and oxygen atoms in total. The molecule has 2 aromatic rings. The number of nitrogens with zero attached hydrogens (tertiary/aromatic N) is 4. The number of benzene rings is 2. The summed E-state index contributed by atoms with van der Waals surface area (Å²) in [7, 11) is -1.86. The lowest BCUT2D eigenvalue weighted by molar-refractivity contribution is -0.197. The molecule has 0 atom stereocenters. The third-order valence-corrected chi connectivity index (χ3v) is 8.27. The second-order valence-electron chi connectivity index (χ2n) is 10.2. The third kappa shape index (κ3) is 5.26. The van der Waals surface area contributed by atoms with Gasteiger partial charge in [0.1, 0.15) is 24.1 Å². The Morgan fingerprint density at radius 1 is 1.03 bits per heavy atom. The largest absolute Gasteiger partial charge is 0.452 e. The molecule has 12 heteroatoms. The molecule has 4 heterocycles. The molecule has 1 fully saturated rings. The van der Waals surface area contributed by atoms with Crippen LogP contribution in [0.1, 0.15) is 43.2 Å². The first-order valence-corrected chi connectivity index (χ1v) is 14.7. The van der Waals surface area contributed by atoms with E-state index in [-0.39, 0.29) is 19.3 Å². The first-order valence-electron chi connectivity index (χ1n) is 13.3. The number of carbonyl (C=O) groups is 3. The minimum atomic E-state index is -1.86. The quantitative estimate of drug-likeness (QED) is 0.230. The molecule has 39 heavy (non-hydrogen) atoms. The van der Waals surface area contributed by atoms with E-state index >= 15 is 0 Å². The van der Waals surface area contributed by atoms with Crippen molar-refractivity contribution >= 4 is 37.5 Å². The predicted molar refractivity (Wildman–Crippen MR) is 141 cm³/mol. The van der Waals surface area contributed by atoms with Crippen LogP contribution >= 0.6 is 8.38 Å². The molecule has 0 spiro atoms. The molecule has 1 saturated heterocycles. The van der Waals surface area contributed by atoms with Crippen molar-refractivity contribution in [3.8, 4) is 11.5 Å². The minimum Gasteiger partial charge on any atom is -0.452 e. The van der Waals surface area contributed by atoms with Gasteiger partial charge in [0.05, 0.1) is 6.07 Å². The molecule has 204 valence electrons. The van der Waals surface area contributed by atoms with Gasteiger partial charge in [-0.15, -0.1) is 5.06 Å². The molecule has 0 aliphatic carbocycles. The van der Waals surface area contributed by atoms with E-state index in [1.807, 2.05) is 12.1 Å². The van der Waals surface area contributed by atoms with Gasteiger partial charge in [-0.1, -0.05) is 0 Å². The summed E-state index contributed by atoms with van der Waals surface area (Å²) in [6.45, 7) is 3.10. The molecule has 4 aliphatic rings. The standard InChI is InChI=1S/C27H30N4O7P/c32-25-4-5-26(33)31(25)38-27(34)3-1-8-29-10-6-17-13-19-23(15-21(17)29)37-24-16-22-18(14-20(24)28-19)7-11-30(22)9-2-12-39(35)36/h13-16,35-36H,1-12H2/q+1. The van der Waals surface area contributed by atoms with E-state index in [2.05, 4.69) is 21.6 Å². The molecule has 2 aromatic carbocycles. The van der Waals surface area contributed by atoms with Crippen LogP contribution in [-0.4, -0.2) is 65.0 Å². The van der Waals surface area contributed by atoms with E-state index in [1.165, 1.54) is 11.1 Å². The van der Waals surface area contributed by atoms with Crippen molar-refractivity contribution in [2.24, 2.45) is 4.99 Å². The highest BCUT2D eigenvalue weighted by Gasteiger charge is 2.33.